The monoisotopic (exact) mass is 298 g/mol. The second-order valence-electron chi connectivity index (χ2n) is 3.57. The van der Waals surface area contributed by atoms with Gasteiger partial charge in [-0.2, -0.15) is 0 Å². The van der Waals surface area contributed by atoms with Crippen LogP contribution in [0.3, 0.4) is 0 Å². The molecule has 0 aliphatic heterocycles. The average molecular weight is 298 g/mol. The van der Waals surface area contributed by atoms with E-state index in [0.29, 0.717) is 5.09 Å². The van der Waals surface area contributed by atoms with Crippen LogP contribution in [-0.2, 0) is 0 Å². The quantitative estimate of drug-likeness (QED) is 0.645. The molecule has 1 aromatic heterocycles. The minimum atomic E-state index is -1.06. The van der Waals surface area contributed by atoms with E-state index >= 15 is 0 Å². The smallest absolute Gasteiger partial charge is 0.371 e. The van der Waals surface area contributed by atoms with Crippen LogP contribution in [0.1, 0.15) is 10.6 Å². The number of carbonyl (C=O) groups is 1. The van der Waals surface area contributed by atoms with E-state index in [1.54, 1.807) is 30.0 Å². The Balaban J connectivity index is 1.74. The topological polar surface area (TPSA) is 50.4 Å². The summed E-state index contributed by atoms with van der Waals surface area (Å²) in [5.74, 6) is 0.269. The predicted molar refractivity (Wildman–Crippen MR) is 73.5 cm³/mol. The van der Waals surface area contributed by atoms with E-state index in [1.807, 2.05) is 0 Å². The Labute approximate surface area is 118 Å². The van der Waals surface area contributed by atoms with Crippen LogP contribution in [0.5, 0.6) is 0 Å². The van der Waals surface area contributed by atoms with Crippen molar-refractivity contribution in [3.8, 4) is 0 Å². The molecule has 0 unspecified atom stereocenters. The third kappa shape index (κ3) is 4.33. The van der Waals surface area contributed by atoms with Gasteiger partial charge in [0, 0.05) is 16.4 Å². The maximum absolute atomic E-state index is 12.7. The summed E-state index contributed by atoms with van der Waals surface area (Å²) in [6.45, 7) is 0. The van der Waals surface area contributed by atoms with Crippen molar-refractivity contribution in [2.75, 3.05) is 11.5 Å². The molecule has 0 amide bonds. The van der Waals surface area contributed by atoms with E-state index < -0.39 is 5.97 Å². The fraction of sp³-hybridized carbons (Fsp3) is 0.154. The summed E-state index contributed by atoms with van der Waals surface area (Å²) in [5, 5.41) is 9.30. The highest BCUT2D eigenvalue weighted by atomic mass is 32.2. The van der Waals surface area contributed by atoms with Crippen molar-refractivity contribution in [1.82, 2.24) is 0 Å². The summed E-state index contributed by atoms with van der Waals surface area (Å²) >= 11 is 3.07. The summed E-state index contributed by atoms with van der Waals surface area (Å²) in [5.41, 5.74) is 0. The second kappa shape index (κ2) is 6.68. The van der Waals surface area contributed by atoms with E-state index in [1.165, 1.54) is 30.0 Å². The van der Waals surface area contributed by atoms with Crippen molar-refractivity contribution in [1.29, 1.82) is 0 Å². The normalized spacial score (nSPS) is 10.6. The molecular weight excluding hydrogens is 287 g/mol. The molecule has 0 saturated heterocycles. The zero-order valence-electron chi connectivity index (χ0n) is 9.84. The van der Waals surface area contributed by atoms with E-state index in [2.05, 4.69) is 0 Å². The molecule has 1 heterocycles. The summed E-state index contributed by atoms with van der Waals surface area (Å²) in [6.07, 6.45) is 0. The van der Waals surface area contributed by atoms with Gasteiger partial charge in [-0.25, -0.2) is 9.18 Å². The molecule has 0 radical (unpaired) electrons. The van der Waals surface area contributed by atoms with Crippen molar-refractivity contribution in [2.24, 2.45) is 0 Å². The Morgan fingerprint density at radius 1 is 1.11 bits per heavy atom. The van der Waals surface area contributed by atoms with Gasteiger partial charge >= 0.3 is 5.97 Å². The molecule has 19 heavy (non-hydrogen) atoms. The summed E-state index contributed by atoms with van der Waals surface area (Å²) in [6, 6.07) is 9.43. The van der Waals surface area contributed by atoms with Crippen molar-refractivity contribution in [3.05, 3.63) is 48.0 Å². The van der Waals surface area contributed by atoms with Crippen molar-refractivity contribution in [2.45, 2.75) is 9.99 Å². The zero-order chi connectivity index (χ0) is 13.7. The van der Waals surface area contributed by atoms with Crippen molar-refractivity contribution in [3.63, 3.8) is 0 Å². The Bertz CT molecular complexity index is 551. The lowest BCUT2D eigenvalue weighted by atomic mass is 10.4. The third-order valence-electron chi connectivity index (χ3n) is 2.20. The molecule has 0 fully saturated rings. The Morgan fingerprint density at radius 3 is 2.42 bits per heavy atom. The van der Waals surface area contributed by atoms with Gasteiger partial charge in [0.05, 0.1) is 0 Å². The first-order chi connectivity index (χ1) is 9.15. The molecule has 0 atom stereocenters. The number of rotatable bonds is 6. The molecule has 0 aliphatic rings. The number of carboxylic acid groups (broad SMARTS) is 1. The van der Waals surface area contributed by atoms with Crippen LogP contribution in [0.25, 0.3) is 0 Å². The van der Waals surface area contributed by atoms with E-state index in [-0.39, 0.29) is 11.6 Å². The van der Waals surface area contributed by atoms with Crippen molar-refractivity contribution < 1.29 is 18.7 Å². The van der Waals surface area contributed by atoms with Gasteiger partial charge in [0.25, 0.3) is 0 Å². The highest BCUT2D eigenvalue weighted by Gasteiger charge is 2.08. The lowest BCUT2D eigenvalue weighted by Gasteiger charge is -2.00. The van der Waals surface area contributed by atoms with Crippen LogP contribution in [0.15, 0.2) is 50.8 Å². The molecular formula is C13H11FO3S2. The first-order valence-electron chi connectivity index (χ1n) is 5.49. The van der Waals surface area contributed by atoms with Crippen molar-refractivity contribution >= 4 is 29.5 Å². The van der Waals surface area contributed by atoms with Crippen LogP contribution in [0.4, 0.5) is 4.39 Å². The van der Waals surface area contributed by atoms with E-state index in [9.17, 15) is 9.18 Å². The number of aromatic carboxylic acids is 1. The van der Waals surface area contributed by atoms with Gasteiger partial charge in [-0.1, -0.05) is 11.8 Å². The summed E-state index contributed by atoms with van der Waals surface area (Å²) in [7, 11) is 0. The van der Waals surface area contributed by atoms with E-state index in [4.69, 9.17) is 9.52 Å². The van der Waals surface area contributed by atoms with Crippen LogP contribution in [0, 0.1) is 5.82 Å². The van der Waals surface area contributed by atoms with Gasteiger partial charge in [0.2, 0.25) is 5.76 Å². The molecule has 1 N–H and O–H groups in total. The van der Waals surface area contributed by atoms with Gasteiger partial charge in [0.1, 0.15) is 5.82 Å². The van der Waals surface area contributed by atoms with Gasteiger partial charge in [0.15, 0.2) is 5.09 Å². The lowest BCUT2D eigenvalue weighted by Crippen LogP contribution is -1.91. The lowest BCUT2D eigenvalue weighted by molar-refractivity contribution is 0.0656. The Kier molecular flexibility index (Phi) is 4.93. The van der Waals surface area contributed by atoms with Gasteiger partial charge < -0.3 is 9.52 Å². The number of benzene rings is 1. The average Bonchev–Trinajstić information content (AvgIpc) is 2.86. The highest BCUT2D eigenvalue weighted by Crippen LogP contribution is 2.24. The SMILES string of the molecule is O=C(O)c1ccc(SCCSc2ccc(F)cc2)o1. The number of hydrogen-bond acceptors (Lipinski definition) is 4. The predicted octanol–water partition coefficient (Wildman–Crippen LogP) is 4.00. The first kappa shape index (κ1) is 14.0. The Hall–Kier alpha value is -1.40. The van der Waals surface area contributed by atoms with Gasteiger partial charge in [-0.15, -0.1) is 11.8 Å². The van der Waals surface area contributed by atoms with Gasteiger partial charge in [-0.05, 0) is 36.4 Å². The largest absolute Gasteiger partial charge is 0.475 e. The molecule has 0 aliphatic carbocycles. The Morgan fingerprint density at radius 2 is 1.79 bits per heavy atom. The third-order valence-corrected chi connectivity index (χ3v) is 4.39. The second-order valence-corrected chi connectivity index (χ2v) is 5.84. The standard InChI is InChI=1S/C13H11FO3S2/c14-9-1-3-10(4-2-9)18-7-8-19-12-6-5-11(17-12)13(15)16/h1-6H,7-8H2,(H,15,16). The summed E-state index contributed by atoms with van der Waals surface area (Å²) in [4.78, 5) is 11.6. The zero-order valence-corrected chi connectivity index (χ0v) is 11.5. The first-order valence-corrected chi connectivity index (χ1v) is 7.46. The molecule has 1 aromatic carbocycles. The molecule has 0 bridgehead atoms. The number of halogens is 1. The van der Waals surface area contributed by atoms with E-state index in [0.717, 1.165) is 16.4 Å². The minimum Gasteiger partial charge on any atom is -0.475 e. The fourth-order valence-corrected chi connectivity index (χ4v) is 3.09. The van der Waals surface area contributed by atoms with Gasteiger partial charge in [-0.3, -0.25) is 0 Å². The molecule has 0 spiro atoms. The highest BCUT2D eigenvalue weighted by molar-refractivity contribution is 8.02. The number of carboxylic acids is 1. The number of furan rings is 1. The molecule has 2 rings (SSSR count). The van der Waals surface area contributed by atoms with Crippen LogP contribution < -0.4 is 0 Å². The molecule has 0 saturated carbocycles. The van der Waals surface area contributed by atoms with Crippen LogP contribution in [0.2, 0.25) is 0 Å². The molecule has 6 heteroatoms. The number of thioether (sulfide) groups is 2. The molecule has 100 valence electrons. The molecule has 3 nitrogen and oxygen atoms in total. The summed E-state index contributed by atoms with van der Waals surface area (Å²) < 4.78 is 17.8. The van der Waals surface area contributed by atoms with Crippen LogP contribution >= 0.6 is 23.5 Å². The fourth-order valence-electron chi connectivity index (χ4n) is 1.35. The maximum Gasteiger partial charge on any atom is 0.371 e. The van der Waals surface area contributed by atoms with Crippen LogP contribution in [-0.4, -0.2) is 22.6 Å². The minimum absolute atomic E-state index is 0.0475. The molecule has 2 aromatic rings. The maximum atomic E-state index is 12.7. The number of hydrogen-bond donors (Lipinski definition) is 1.